The third-order valence-corrected chi connectivity index (χ3v) is 3.72. The number of hydrogen-bond acceptors (Lipinski definition) is 2. The Bertz CT molecular complexity index is 531. The SMILES string of the molecule is CC1(C)CC(=O)NN1C(c1cccc(Br)c1)C(F)(F)F. The molecule has 3 nitrogen and oxygen atoms in total. The van der Waals surface area contributed by atoms with E-state index in [-0.39, 0.29) is 12.0 Å². The van der Waals surface area contributed by atoms with Gasteiger partial charge in [0.15, 0.2) is 6.04 Å². The van der Waals surface area contributed by atoms with Gasteiger partial charge in [-0.25, -0.2) is 0 Å². The van der Waals surface area contributed by atoms with E-state index in [2.05, 4.69) is 21.4 Å². The van der Waals surface area contributed by atoms with E-state index in [0.29, 0.717) is 4.47 Å². The first kappa shape index (κ1) is 15.3. The van der Waals surface area contributed by atoms with Crippen molar-refractivity contribution in [2.24, 2.45) is 0 Å². The lowest BCUT2D eigenvalue weighted by Gasteiger charge is -2.37. The molecule has 0 radical (unpaired) electrons. The van der Waals surface area contributed by atoms with Gasteiger partial charge in [-0.1, -0.05) is 28.1 Å². The van der Waals surface area contributed by atoms with E-state index in [1.807, 2.05) is 0 Å². The Labute approximate surface area is 123 Å². The Hall–Kier alpha value is -1.08. The van der Waals surface area contributed by atoms with Crippen LogP contribution >= 0.6 is 15.9 Å². The molecule has 0 spiro atoms. The molecule has 0 saturated carbocycles. The lowest BCUT2D eigenvalue weighted by molar-refractivity contribution is -0.203. The fourth-order valence-corrected chi connectivity index (χ4v) is 2.80. The predicted octanol–water partition coefficient (Wildman–Crippen LogP) is 3.57. The maximum Gasteiger partial charge on any atom is 0.409 e. The lowest BCUT2D eigenvalue weighted by Crippen LogP contribution is -2.51. The van der Waals surface area contributed by atoms with Gasteiger partial charge in [0.1, 0.15) is 0 Å². The highest BCUT2D eigenvalue weighted by Crippen LogP contribution is 2.43. The van der Waals surface area contributed by atoms with Crippen molar-refractivity contribution in [3.05, 3.63) is 34.3 Å². The maximum absolute atomic E-state index is 13.5. The predicted molar refractivity (Wildman–Crippen MR) is 71.6 cm³/mol. The number of rotatable bonds is 2. The van der Waals surface area contributed by atoms with Gasteiger partial charge < -0.3 is 0 Å². The molecule has 1 aliphatic heterocycles. The molecule has 1 N–H and O–H groups in total. The number of carbonyl (C=O) groups excluding carboxylic acids is 1. The summed E-state index contributed by atoms with van der Waals surface area (Å²) in [7, 11) is 0. The second-order valence-corrected chi connectivity index (χ2v) is 6.31. The highest BCUT2D eigenvalue weighted by Gasteiger charge is 2.52. The molecule has 2 rings (SSSR count). The number of hydrogen-bond donors (Lipinski definition) is 1. The molecule has 1 atom stereocenters. The van der Waals surface area contributed by atoms with Gasteiger partial charge in [0.05, 0.1) is 0 Å². The van der Waals surface area contributed by atoms with Crippen LogP contribution in [-0.2, 0) is 4.79 Å². The lowest BCUT2D eigenvalue weighted by atomic mass is 9.97. The van der Waals surface area contributed by atoms with Crippen molar-refractivity contribution in [2.75, 3.05) is 0 Å². The molecule has 1 saturated heterocycles. The molecule has 110 valence electrons. The third kappa shape index (κ3) is 2.98. The fraction of sp³-hybridized carbons (Fsp3) is 0.462. The summed E-state index contributed by atoms with van der Waals surface area (Å²) in [6, 6.07) is 4.15. The summed E-state index contributed by atoms with van der Waals surface area (Å²) in [6.45, 7) is 3.23. The molecule has 0 aliphatic carbocycles. The first-order valence-electron chi connectivity index (χ1n) is 6.02. The number of benzene rings is 1. The number of hydrazine groups is 1. The second kappa shape index (κ2) is 5.04. The highest BCUT2D eigenvalue weighted by atomic mass is 79.9. The third-order valence-electron chi connectivity index (χ3n) is 3.22. The summed E-state index contributed by atoms with van der Waals surface area (Å²) in [5, 5.41) is 0.997. The number of carbonyl (C=O) groups is 1. The van der Waals surface area contributed by atoms with Gasteiger partial charge in [-0.2, -0.15) is 18.2 Å². The van der Waals surface area contributed by atoms with Crippen LogP contribution in [0, 0.1) is 0 Å². The van der Waals surface area contributed by atoms with Crippen LogP contribution < -0.4 is 5.43 Å². The zero-order valence-corrected chi connectivity index (χ0v) is 12.5. The van der Waals surface area contributed by atoms with Crippen molar-refractivity contribution >= 4 is 21.8 Å². The standard InChI is InChI=1S/C13H14BrF3N2O/c1-12(2)7-10(20)18-19(12)11(13(15,16)17)8-4-3-5-9(14)6-8/h3-6,11H,7H2,1-2H3,(H,18,20). The van der Waals surface area contributed by atoms with Crippen molar-refractivity contribution in [3.8, 4) is 0 Å². The summed E-state index contributed by atoms with van der Waals surface area (Å²) in [5.74, 6) is -0.403. The van der Waals surface area contributed by atoms with Gasteiger partial charge in [-0.05, 0) is 31.5 Å². The molecule has 1 fully saturated rings. The van der Waals surface area contributed by atoms with Crippen molar-refractivity contribution in [3.63, 3.8) is 0 Å². The van der Waals surface area contributed by atoms with Gasteiger partial charge in [0, 0.05) is 16.4 Å². The number of alkyl halides is 3. The molecule has 0 bridgehead atoms. The molecular weight excluding hydrogens is 337 g/mol. The average Bonchev–Trinajstić information content (AvgIpc) is 2.50. The zero-order valence-electron chi connectivity index (χ0n) is 11.0. The zero-order chi connectivity index (χ0) is 15.1. The quantitative estimate of drug-likeness (QED) is 0.884. The van der Waals surface area contributed by atoms with Gasteiger partial charge in [-0.15, -0.1) is 0 Å². The molecule has 1 amide bonds. The molecule has 1 aromatic rings. The molecule has 1 unspecified atom stereocenters. The minimum Gasteiger partial charge on any atom is -0.287 e. The summed E-state index contributed by atoms with van der Waals surface area (Å²) in [5.41, 5.74) is 1.51. The molecule has 7 heteroatoms. The van der Waals surface area contributed by atoms with Gasteiger partial charge in [0.2, 0.25) is 5.91 Å². The smallest absolute Gasteiger partial charge is 0.287 e. The highest BCUT2D eigenvalue weighted by molar-refractivity contribution is 9.10. The van der Waals surface area contributed by atoms with E-state index in [4.69, 9.17) is 0 Å². The largest absolute Gasteiger partial charge is 0.409 e. The Balaban J connectivity index is 2.47. The van der Waals surface area contributed by atoms with Crippen LogP contribution in [0.4, 0.5) is 13.2 Å². The molecule has 1 heterocycles. The molecule has 20 heavy (non-hydrogen) atoms. The van der Waals surface area contributed by atoms with Crippen LogP contribution in [0.25, 0.3) is 0 Å². The topological polar surface area (TPSA) is 32.3 Å². The van der Waals surface area contributed by atoms with Crippen molar-refractivity contribution < 1.29 is 18.0 Å². The number of amides is 1. The normalized spacial score (nSPS) is 20.8. The number of nitrogens with zero attached hydrogens (tertiary/aromatic N) is 1. The molecular formula is C13H14BrF3N2O. The Morgan fingerprint density at radius 3 is 2.50 bits per heavy atom. The summed E-state index contributed by atoms with van der Waals surface area (Å²) < 4.78 is 40.9. The Morgan fingerprint density at radius 1 is 1.40 bits per heavy atom. The maximum atomic E-state index is 13.5. The Morgan fingerprint density at radius 2 is 2.05 bits per heavy atom. The second-order valence-electron chi connectivity index (χ2n) is 5.39. The number of nitrogens with one attached hydrogen (secondary N) is 1. The van der Waals surface area contributed by atoms with Crippen LogP contribution in [0.5, 0.6) is 0 Å². The fourth-order valence-electron chi connectivity index (χ4n) is 2.38. The van der Waals surface area contributed by atoms with Crippen LogP contribution in [0.1, 0.15) is 31.9 Å². The van der Waals surface area contributed by atoms with E-state index in [1.165, 1.54) is 12.1 Å². The van der Waals surface area contributed by atoms with E-state index < -0.39 is 23.7 Å². The van der Waals surface area contributed by atoms with E-state index >= 15 is 0 Å². The first-order valence-corrected chi connectivity index (χ1v) is 6.81. The van der Waals surface area contributed by atoms with Crippen molar-refractivity contribution in [1.29, 1.82) is 0 Å². The summed E-state index contributed by atoms with van der Waals surface area (Å²) in [6.07, 6.45) is -4.46. The molecule has 0 aromatic heterocycles. The van der Waals surface area contributed by atoms with Crippen LogP contribution in [0.3, 0.4) is 0 Å². The van der Waals surface area contributed by atoms with E-state index in [9.17, 15) is 18.0 Å². The number of halogens is 4. The van der Waals surface area contributed by atoms with Crippen LogP contribution in [0.15, 0.2) is 28.7 Å². The van der Waals surface area contributed by atoms with Gasteiger partial charge in [-0.3, -0.25) is 10.2 Å². The van der Waals surface area contributed by atoms with E-state index in [1.54, 1.807) is 26.0 Å². The van der Waals surface area contributed by atoms with E-state index in [0.717, 1.165) is 5.01 Å². The first-order chi connectivity index (χ1) is 9.11. The van der Waals surface area contributed by atoms with Crippen molar-refractivity contribution in [1.82, 2.24) is 10.4 Å². The molecule has 1 aromatic carbocycles. The van der Waals surface area contributed by atoms with Crippen LogP contribution in [0.2, 0.25) is 0 Å². The average molecular weight is 351 g/mol. The molecule has 1 aliphatic rings. The van der Waals surface area contributed by atoms with Crippen LogP contribution in [-0.4, -0.2) is 22.6 Å². The minimum atomic E-state index is -4.49. The monoisotopic (exact) mass is 350 g/mol. The minimum absolute atomic E-state index is 0.0353. The Kier molecular flexibility index (Phi) is 3.85. The van der Waals surface area contributed by atoms with Crippen molar-refractivity contribution in [2.45, 2.75) is 38.0 Å². The summed E-state index contributed by atoms with van der Waals surface area (Å²) >= 11 is 3.17. The summed E-state index contributed by atoms with van der Waals surface area (Å²) in [4.78, 5) is 11.5. The van der Waals surface area contributed by atoms with Gasteiger partial charge >= 0.3 is 6.18 Å². The van der Waals surface area contributed by atoms with Gasteiger partial charge in [0.25, 0.3) is 0 Å².